The highest BCUT2D eigenvalue weighted by Gasteiger charge is 2.27. The summed E-state index contributed by atoms with van der Waals surface area (Å²) in [5, 5.41) is 0.820. The highest BCUT2D eigenvalue weighted by Crippen LogP contribution is 2.41. The van der Waals surface area contributed by atoms with Crippen LogP contribution in [0.15, 0.2) is 22.0 Å². The van der Waals surface area contributed by atoms with E-state index in [2.05, 4.69) is 9.89 Å². The van der Waals surface area contributed by atoms with E-state index in [4.69, 9.17) is 14.2 Å². The highest BCUT2D eigenvalue weighted by atomic mass is 32.2. The van der Waals surface area contributed by atoms with E-state index in [1.54, 1.807) is 7.11 Å². The number of fused-ring (bicyclic) bond motifs is 1. The zero-order valence-corrected chi connectivity index (χ0v) is 14.9. The maximum Gasteiger partial charge on any atom is 0.286 e. The molecule has 1 amide bonds. The van der Waals surface area contributed by atoms with E-state index in [0.29, 0.717) is 35.4 Å². The summed E-state index contributed by atoms with van der Waals surface area (Å²) in [7, 11) is 1.59. The van der Waals surface area contributed by atoms with Crippen LogP contribution in [0.4, 0.5) is 0 Å². The molecular weight excluding hydrogens is 340 g/mol. The molecule has 25 heavy (non-hydrogen) atoms. The minimum absolute atomic E-state index is 0.181. The maximum atomic E-state index is 12.3. The average molecular weight is 360 g/mol. The van der Waals surface area contributed by atoms with E-state index in [9.17, 15) is 4.79 Å². The molecule has 0 spiro atoms. The summed E-state index contributed by atoms with van der Waals surface area (Å²) in [6.07, 6.45) is 5.41. The molecule has 3 aliphatic heterocycles. The number of rotatable bonds is 2. The molecule has 132 valence electrons. The second kappa shape index (κ2) is 7.00. The first-order chi connectivity index (χ1) is 12.2. The van der Waals surface area contributed by atoms with E-state index in [1.165, 1.54) is 18.2 Å². The summed E-state index contributed by atoms with van der Waals surface area (Å²) in [6, 6.07) is 3.73. The first-order valence-corrected chi connectivity index (χ1v) is 9.31. The summed E-state index contributed by atoms with van der Waals surface area (Å²) in [6.45, 7) is 2.96. The Hall–Kier alpha value is -2.15. The lowest BCUT2D eigenvalue weighted by molar-refractivity contribution is -0.113. The van der Waals surface area contributed by atoms with Gasteiger partial charge in [-0.15, -0.1) is 0 Å². The number of piperidine rings is 1. The van der Waals surface area contributed by atoms with Gasteiger partial charge in [-0.25, -0.2) is 0 Å². The molecule has 0 N–H and O–H groups in total. The minimum atomic E-state index is -0.181. The van der Waals surface area contributed by atoms with Crippen molar-refractivity contribution >= 4 is 28.9 Å². The predicted octanol–water partition coefficient (Wildman–Crippen LogP) is 2.92. The van der Waals surface area contributed by atoms with Crippen molar-refractivity contribution in [1.82, 2.24) is 4.90 Å². The van der Waals surface area contributed by atoms with Crippen LogP contribution in [0.5, 0.6) is 17.2 Å². The third kappa shape index (κ3) is 3.33. The number of benzene rings is 1. The van der Waals surface area contributed by atoms with Gasteiger partial charge >= 0.3 is 0 Å². The number of amides is 1. The molecule has 1 fully saturated rings. The number of thioether (sulfide) groups is 1. The van der Waals surface area contributed by atoms with Crippen LogP contribution < -0.4 is 14.2 Å². The van der Waals surface area contributed by atoms with Crippen molar-refractivity contribution in [2.24, 2.45) is 4.99 Å². The zero-order chi connectivity index (χ0) is 17.2. The molecule has 7 heteroatoms. The number of carbonyl (C=O) groups is 1. The zero-order valence-electron chi connectivity index (χ0n) is 14.1. The number of likely N-dealkylation sites (tertiary alicyclic amines) is 1. The van der Waals surface area contributed by atoms with Crippen LogP contribution in [0.2, 0.25) is 0 Å². The molecule has 4 rings (SSSR count). The third-order valence-corrected chi connectivity index (χ3v) is 5.43. The van der Waals surface area contributed by atoms with Crippen molar-refractivity contribution in [2.45, 2.75) is 19.3 Å². The van der Waals surface area contributed by atoms with Gasteiger partial charge in [-0.1, -0.05) is 0 Å². The number of aliphatic imine (C=N–C) groups is 1. The smallest absolute Gasteiger partial charge is 0.286 e. The fraction of sp³-hybridized carbons (Fsp3) is 0.444. The van der Waals surface area contributed by atoms with Crippen LogP contribution >= 0.6 is 11.8 Å². The quantitative estimate of drug-likeness (QED) is 0.756. The molecule has 3 aliphatic rings. The van der Waals surface area contributed by atoms with Crippen LogP contribution in [0.1, 0.15) is 24.8 Å². The molecule has 1 aromatic carbocycles. The van der Waals surface area contributed by atoms with Gasteiger partial charge in [0.2, 0.25) is 5.75 Å². The molecule has 0 unspecified atom stereocenters. The Morgan fingerprint density at radius 1 is 1.20 bits per heavy atom. The van der Waals surface area contributed by atoms with Gasteiger partial charge in [0, 0.05) is 13.1 Å². The van der Waals surface area contributed by atoms with E-state index in [1.807, 2.05) is 18.2 Å². The summed E-state index contributed by atoms with van der Waals surface area (Å²) < 4.78 is 16.7. The van der Waals surface area contributed by atoms with Crippen LogP contribution in [0.3, 0.4) is 0 Å². The molecule has 1 aromatic rings. The summed E-state index contributed by atoms with van der Waals surface area (Å²) >= 11 is 1.45. The Kier molecular flexibility index (Phi) is 4.57. The predicted molar refractivity (Wildman–Crippen MR) is 97.4 cm³/mol. The first kappa shape index (κ1) is 16.3. The van der Waals surface area contributed by atoms with Crippen LogP contribution in [-0.2, 0) is 4.79 Å². The number of ether oxygens (including phenoxy) is 3. The lowest BCUT2D eigenvalue weighted by Crippen LogP contribution is -2.33. The van der Waals surface area contributed by atoms with E-state index >= 15 is 0 Å². The molecular formula is C18H20N2O4S. The fourth-order valence-electron chi connectivity index (χ4n) is 3.15. The van der Waals surface area contributed by atoms with E-state index in [-0.39, 0.29) is 5.91 Å². The number of methoxy groups -OCH3 is 1. The number of hydrogen-bond donors (Lipinski definition) is 0. The molecule has 0 atom stereocenters. The van der Waals surface area contributed by atoms with Gasteiger partial charge in [0.25, 0.3) is 5.91 Å². The Morgan fingerprint density at radius 2 is 2.00 bits per heavy atom. The second-order valence-electron chi connectivity index (χ2n) is 6.11. The molecule has 0 bridgehead atoms. The van der Waals surface area contributed by atoms with Gasteiger partial charge in [0.05, 0.1) is 12.0 Å². The van der Waals surface area contributed by atoms with Gasteiger partial charge in [-0.05, 0) is 54.8 Å². The number of amidine groups is 1. The van der Waals surface area contributed by atoms with E-state index < -0.39 is 0 Å². The summed E-state index contributed by atoms with van der Waals surface area (Å²) in [4.78, 5) is 19.3. The normalized spacial score (nSPS) is 21.5. The van der Waals surface area contributed by atoms with Crippen molar-refractivity contribution in [1.29, 1.82) is 0 Å². The number of carbonyl (C=O) groups excluding carboxylic acids is 1. The van der Waals surface area contributed by atoms with Gasteiger partial charge in [-0.3, -0.25) is 4.79 Å². The van der Waals surface area contributed by atoms with E-state index in [0.717, 1.165) is 36.7 Å². The molecule has 0 saturated carbocycles. The van der Waals surface area contributed by atoms with Crippen molar-refractivity contribution in [3.8, 4) is 17.2 Å². The molecule has 6 nitrogen and oxygen atoms in total. The number of nitrogens with zero attached hydrogens (tertiary/aromatic N) is 2. The first-order valence-electron chi connectivity index (χ1n) is 8.50. The molecule has 0 aliphatic carbocycles. The Bertz CT molecular complexity index is 736. The van der Waals surface area contributed by atoms with Crippen molar-refractivity contribution in [3.05, 3.63) is 22.6 Å². The summed E-state index contributed by atoms with van der Waals surface area (Å²) in [5.74, 6) is 1.69. The third-order valence-electron chi connectivity index (χ3n) is 4.38. The van der Waals surface area contributed by atoms with Gasteiger partial charge < -0.3 is 19.1 Å². The van der Waals surface area contributed by atoms with Crippen LogP contribution in [0, 0.1) is 0 Å². The Morgan fingerprint density at radius 3 is 2.80 bits per heavy atom. The highest BCUT2D eigenvalue weighted by molar-refractivity contribution is 8.18. The summed E-state index contributed by atoms with van der Waals surface area (Å²) in [5.41, 5.74) is 0.840. The monoisotopic (exact) mass is 360 g/mol. The standard InChI is InChI=1S/C18H20N2O4S/c1-22-13-9-12(10-14-16(13)24-8-7-23-14)11-15-17(21)19-18(25-15)20-5-3-2-4-6-20/h9-11H,2-8H2,1H3/b15-11-. The average Bonchev–Trinajstić information content (AvgIpc) is 3.02. The lowest BCUT2D eigenvalue weighted by atomic mass is 10.1. The fourth-order valence-corrected chi connectivity index (χ4v) is 4.11. The Labute approximate surface area is 150 Å². The van der Waals surface area contributed by atoms with Crippen LogP contribution in [0.25, 0.3) is 6.08 Å². The largest absolute Gasteiger partial charge is 0.493 e. The minimum Gasteiger partial charge on any atom is -0.493 e. The molecule has 0 radical (unpaired) electrons. The van der Waals surface area contributed by atoms with Gasteiger partial charge in [0.1, 0.15) is 13.2 Å². The van der Waals surface area contributed by atoms with Crippen LogP contribution in [-0.4, -0.2) is 49.4 Å². The molecule has 3 heterocycles. The topological polar surface area (TPSA) is 60.4 Å². The van der Waals surface area contributed by atoms with Crippen molar-refractivity contribution in [2.75, 3.05) is 33.4 Å². The SMILES string of the molecule is COc1cc(/C=C2\SC(N3CCCCC3)=NC2=O)cc2c1OCCO2. The second-order valence-corrected chi connectivity index (χ2v) is 7.11. The van der Waals surface area contributed by atoms with Gasteiger partial charge in [-0.2, -0.15) is 4.99 Å². The molecule has 1 saturated heterocycles. The number of hydrogen-bond acceptors (Lipinski definition) is 6. The molecule has 0 aromatic heterocycles. The lowest BCUT2D eigenvalue weighted by Gasteiger charge is -2.27. The van der Waals surface area contributed by atoms with Crippen molar-refractivity contribution in [3.63, 3.8) is 0 Å². The van der Waals surface area contributed by atoms with Crippen molar-refractivity contribution < 1.29 is 19.0 Å². The van der Waals surface area contributed by atoms with Gasteiger partial charge in [0.15, 0.2) is 16.7 Å². The maximum absolute atomic E-state index is 12.3. The Balaban J connectivity index is 1.58.